The van der Waals surface area contributed by atoms with E-state index < -0.39 is 6.10 Å². The van der Waals surface area contributed by atoms with E-state index in [0.717, 1.165) is 5.56 Å². The first-order chi connectivity index (χ1) is 12.5. The summed E-state index contributed by atoms with van der Waals surface area (Å²) >= 11 is 18.2. The van der Waals surface area contributed by atoms with Crippen molar-refractivity contribution >= 4 is 40.8 Å². The average Bonchev–Trinajstić information content (AvgIpc) is 3.09. The maximum absolute atomic E-state index is 12.4. The van der Waals surface area contributed by atoms with Gasteiger partial charge in [0.15, 0.2) is 0 Å². The number of hydrogen-bond acceptors (Lipinski definition) is 3. The SMILES string of the molecule is O=C(Cc1ccc(Cl)cc1)OC(Cn1ccnc1)c1ccc(Cl)cc1Cl. The molecule has 0 aliphatic carbocycles. The zero-order valence-electron chi connectivity index (χ0n) is 13.6. The van der Waals surface area contributed by atoms with Crippen LogP contribution in [0.25, 0.3) is 0 Å². The van der Waals surface area contributed by atoms with Crippen molar-refractivity contribution in [2.45, 2.75) is 19.1 Å². The maximum Gasteiger partial charge on any atom is 0.310 e. The first-order valence-corrected chi connectivity index (χ1v) is 8.99. The van der Waals surface area contributed by atoms with E-state index in [1.165, 1.54) is 0 Å². The van der Waals surface area contributed by atoms with Crippen molar-refractivity contribution in [3.63, 3.8) is 0 Å². The summed E-state index contributed by atoms with van der Waals surface area (Å²) in [6.45, 7) is 0.397. The van der Waals surface area contributed by atoms with E-state index in [0.29, 0.717) is 27.2 Å². The topological polar surface area (TPSA) is 44.1 Å². The second kappa shape index (κ2) is 8.58. The summed E-state index contributed by atoms with van der Waals surface area (Å²) in [7, 11) is 0. The molecule has 2 aromatic carbocycles. The van der Waals surface area contributed by atoms with Crippen molar-refractivity contribution in [2.24, 2.45) is 0 Å². The average molecular weight is 410 g/mol. The molecule has 3 rings (SSSR count). The monoisotopic (exact) mass is 408 g/mol. The van der Waals surface area contributed by atoms with E-state index in [4.69, 9.17) is 39.5 Å². The first-order valence-electron chi connectivity index (χ1n) is 7.86. The Morgan fingerprint density at radius 3 is 2.46 bits per heavy atom. The second-order valence-electron chi connectivity index (χ2n) is 5.71. The van der Waals surface area contributed by atoms with Gasteiger partial charge in [0.05, 0.1) is 19.3 Å². The molecule has 1 unspecified atom stereocenters. The normalized spacial score (nSPS) is 12.0. The summed E-state index contributed by atoms with van der Waals surface area (Å²) < 4.78 is 7.54. The number of benzene rings is 2. The third-order valence-electron chi connectivity index (χ3n) is 3.78. The predicted molar refractivity (Wildman–Crippen MR) is 103 cm³/mol. The number of halogens is 3. The predicted octanol–water partition coefficient (Wildman–Crippen LogP) is 5.37. The van der Waals surface area contributed by atoms with Crippen LogP contribution in [0.15, 0.2) is 61.2 Å². The van der Waals surface area contributed by atoms with Crippen molar-refractivity contribution in [2.75, 3.05) is 0 Å². The van der Waals surface area contributed by atoms with Gasteiger partial charge in [0.25, 0.3) is 0 Å². The van der Waals surface area contributed by atoms with Crippen LogP contribution in [0.4, 0.5) is 0 Å². The van der Waals surface area contributed by atoms with Crippen LogP contribution in [-0.2, 0) is 22.5 Å². The molecule has 3 aromatic rings. The van der Waals surface area contributed by atoms with Crippen molar-refractivity contribution in [1.29, 1.82) is 0 Å². The lowest BCUT2D eigenvalue weighted by Gasteiger charge is -2.20. The molecular weight excluding hydrogens is 395 g/mol. The van der Waals surface area contributed by atoms with Gasteiger partial charge in [-0.2, -0.15) is 0 Å². The molecule has 1 heterocycles. The Morgan fingerprint density at radius 2 is 1.81 bits per heavy atom. The van der Waals surface area contributed by atoms with Crippen LogP contribution in [0.5, 0.6) is 0 Å². The Balaban J connectivity index is 1.78. The highest BCUT2D eigenvalue weighted by molar-refractivity contribution is 6.35. The molecule has 4 nitrogen and oxygen atoms in total. The lowest BCUT2D eigenvalue weighted by molar-refractivity contribution is -0.149. The molecule has 0 fully saturated rings. The molecule has 0 amide bonds. The number of rotatable bonds is 6. The molecular formula is C19H15Cl3N2O2. The number of hydrogen-bond donors (Lipinski definition) is 0. The molecule has 0 radical (unpaired) electrons. The van der Waals surface area contributed by atoms with E-state index in [-0.39, 0.29) is 12.4 Å². The Morgan fingerprint density at radius 1 is 1.08 bits per heavy atom. The van der Waals surface area contributed by atoms with Gasteiger partial charge >= 0.3 is 5.97 Å². The molecule has 0 aliphatic heterocycles. The quantitative estimate of drug-likeness (QED) is 0.514. The first kappa shape index (κ1) is 18.8. The zero-order valence-corrected chi connectivity index (χ0v) is 15.9. The molecule has 0 spiro atoms. The van der Waals surface area contributed by atoms with Crippen LogP contribution in [0.1, 0.15) is 17.2 Å². The summed E-state index contributed by atoms with van der Waals surface area (Å²) in [5.41, 5.74) is 1.51. The molecule has 26 heavy (non-hydrogen) atoms. The molecule has 134 valence electrons. The van der Waals surface area contributed by atoms with E-state index >= 15 is 0 Å². The number of nitrogens with zero attached hydrogens (tertiary/aromatic N) is 2. The third kappa shape index (κ3) is 5.01. The van der Waals surface area contributed by atoms with Gasteiger partial charge in [0, 0.05) is 33.0 Å². The van der Waals surface area contributed by atoms with Crippen molar-refractivity contribution < 1.29 is 9.53 Å². The molecule has 7 heteroatoms. The van der Waals surface area contributed by atoms with Gasteiger partial charge in [-0.15, -0.1) is 0 Å². The van der Waals surface area contributed by atoms with Gasteiger partial charge in [-0.05, 0) is 29.8 Å². The highest BCUT2D eigenvalue weighted by atomic mass is 35.5. The number of imidazole rings is 1. The van der Waals surface area contributed by atoms with E-state index in [2.05, 4.69) is 4.98 Å². The van der Waals surface area contributed by atoms with Crippen molar-refractivity contribution in [3.8, 4) is 0 Å². The van der Waals surface area contributed by atoms with Crippen LogP contribution in [0, 0.1) is 0 Å². The van der Waals surface area contributed by atoms with Crippen LogP contribution in [0.3, 0.4) is 0 Å². The van der Waals surface area contributed by atoms with Crippen molar-refractivity contribution in [3.05, 3.63) is 87.4 Å². The van der Waals surface area contributed by atoms with Gasteiger partial charge in [0.2, 0.25) is 0 Å². The smallest absolute Gasteiger partial charge is 0.310 e. The van der Waals surface area contributed by atoms with Crippen LogP contribution < -0.4 is 0 Å². The fourth-order valence-corrected chi connectivity index (χ4v) is 3.17. The fraction of sp³-hybridized carbons (Fsp3) is 0.158. The highest BCUT2D eigenvalue weighted by Crippen LogP contribution is 2.30. The molecule has 1 atom stereocenters. The van der Waals surface area contributed by atoms with Crippen molar-refractivity contribution in [1.82, 2.24) is 9.55 Å². The zero-order chi connectivity index (χ0) is 18.5. The molecule has 0 saturated carbocycles. The Labute approximate surface area is 166 Å². The molecule has 0 saturated heterocycles. The van der Waals surface area contributed by atoms with Crippen LogP contribution >= 0.6 is 34.8 Å². The molecule has 0 N–H and O–H groups in total. The van der Waals surface area contributed by atoms with Gasteiger partial charge in [-0.3, -0.25) is 4.79 Å². The van der Waals surface area contributed by atoms with Gasteiger partial charge in [-0.25, -0.2) is 4.98 Å². The Bertz CT molecular complexity index is 880. The summed E-state index contributed by atoms with van der Waals surface area (Å²) in [5.74, 6) is -0.358. The summed E-state index contributed by atoms with van der Waals surface area (Å²) in [5, 5.41) is 1.59. The Kier molecular flexibility index (Phi) is 6.20. The van der Waals surface area contributed by atoms with Gasteiger partial charge < -0.3 is 9.30 Å². The fourth-order valence-electron chi connectivity index (χ4n) is 2.52. The lowest BCUT2D eigenvalue weighted by atomic mass is 10.1. The minimum Gasteiger partial charge on any atom is -0.455 e. The minimum atomic E-state index is -0.561. The summed E-state index contributed by atoms with van der Waals surface area (Å²) in [4.78, 5) is 16.5. The Hall–Kier alpha value is -2.01. The van der Waals surface area contributed by atoms with Gasteiger partial charge in [-0.1, -0.05) is 53.0 Å². The minimum absolute atomic E-state index is 0.142. The molecule has 1 aromatic heterocycles. The molecule has 0 bridgehead atoms. The largest absolute Gasteiger partial charge is 0.455 e. The number of carbonyl (C=O) groups is 1. The maximum atomic E-state index is 12.4. The van der Waals surface area contributed by atoms with E-state index in [1.54, 1.807) is 61.2 Å². The standard InChI is InChI=1S/C19H15Cl3N2O2/c20-14-3-1-13(2-4-14)9-19(25)26-18(11-24-8-7-23-12-24)16-6-5-15(21)10-17(16)22/h1-8,10,12,18H,9,11H2. The highest BCUT2D eigenvalue weighted by Gasteiger charge is 2.20. The van der Waals surface area contributed by atoms with E-state index in [9.17, 15) is 4.79 Å². The summed E-state index contributed by atoms with van der Waals surface area (Å²) in [6, 6.07) is 12.2. The summed E-state index contributed by atoms with van der Waals surface area (Å²) in [6.07, 6.45) is 4.70. The number of aromatic nitrogens is 2. The second-order valence-corrected chi connectivity index (χ2v) is 6.99. The van der Waals surface area contributed by atoms with Crippen LogP contribution in [0.2, 0.25) is 15.1 Å². The number of ether oxygens (including phenoxy) is 1. The van der Waals surface area contributed by atoms with E-state index in [1.807, 2.05) is 4.57 Å². The van der Waals surface area contributed by atoms with Gasteiger partial charge in [0.1, 0.15) is 6.10 Å². The lowest BCUT2D eigenvalue weighted by Crippen LogP contribution is -2.18. The number of carbonyl (C=O) groups excluding carboxylic acids is 1. The third-order valence-corrected chi connectivity index (χ3v) is 4.60. The molecule has 0 aliphatic rings. The van der Waals surface area contributed by atoms with Crippen LogP contribution in [-0.4, -0.2) is 15.5 Å². The number of esters is 1.